The van der Waals surface area contributed by atoms with Gasteiger partial charge in [0, 0.05) is 12.3 Å². The Kier molecular flexibility index (Phi) is 4.24. The topological polar surface area (TPSA) is 68.6 Å². The maximum atomic E-state index is 9.75. The number of anilines is 1. The van der Waals surface area contributed by atoms with Gasteiger partial charge in [0.25, 0.3) is 0 Å². The number of nitrogens with zero attached hydrogens (tertiary/aromatic N) is 3. The van der Waals surface area contributed by atoms with E-state index in [0.717, 1.165) is 46.6 Å². The molecule has 0 aliphatic carbocycles. The van der Waals surface area contributed by atoms with E-state index in [4.69, 9.17) is 0 Å². The van der Waals surface area contributed by atoms with Crippen LogP contribution in [-0.4, -0.2) is 9.97 Å². The van der Waals surface area contributed by atoms with Gasteiger partial charge in [0.2, 0.25) is 11.5 Å². The maximum Gasteiger partial charge on any atom is 0.250 e. The van der Waals surface area contributed by atoms with Crippen LogP contribution in [0.15, 0.2) is 54.7 Å². The average Bonchev–Trinajstić information content (AvgIpc) is 3.07. The highest BCUT2D eigenvalue weighted by atomic mass is 15.1. The summed E-state index contributed by atoms with van der Waals surface area (Å²) in [6, 6.07) is 18.5. The predicted molar refractivity (Wildman–Crippen MR) is 102 cm³/mol. The van der Waals surface area contributed by atoms with Crippen LogP contribution >= 0.6 is 0 Å². The van der Waals surface area contributed by atoms with Crippen molar-refractivity contribution in [2.45, 2.75) is 26.3 Å². The Morgan fingerprint density at radius 1 is 1.19 bits per heavy atom. The molecule has 0 saturated carbocycles. The molecule has 0 unspecified atom stereocenters. The number of hydrogen-bond acceptors (Lipinski definition) is 3. The summed E-state index contributed by atoms with van der Waals surface area (Å²) in [5, 5.41) is 13.3. The number of aromatic nitrogens is 3. The van der Waals surface area contributed by atoms with Crippen LogP contribution in [0.1, 0.15) is 30.2 Å². The molecule has 4 rings (SSSR count). The van der Waals surface area contributed by atoms with Gasteiger partial charge in [-0.1, -0.05) is 31.5 Å². The molecule has 0 aliphatic heterocycles. The Bertz CT molecular complexity index is 1110. The molecule has 0 amide bonds. The third kappa shape index (κ3) is 2.76. The molecule has 0 radical (unpaired) electrons. The van der Waals surface area contributed by atoms with E-state index in [0.29, 0.717) is 12.1 Å². The second-order valence-electron chi connectivity index (χ2n) is 6.29. The summed E-state index contributed by atoms with van der Waals surface area (Å²) < 4.78 is 2.09. The van der Waals surface area contributed by atoms with Gasteiger partial charge in [-0.05, 0) is 36.2 Å². The molecule has 0 spiro atoms. The molecule has 128 valence electrons. The summed E-state index contributed by atoms with van der Waals surface area (Å²) in [6.45, 7) is 2.75. The summed E-state index contributed by atoms with van der Waals surface area (Å²) >= 11 is 0. The summed E-state index contributed by atoms with van der Waals surface area (Å²) in [4.78, 5) is 7.80. The van der Waals surface area contributed by atoms with Crippen molar-refractivity contribution in [1.29, 1.82) is 5.26 Å². The van der Waals surface area contributed by atoms with Crippen LogP contribution in [0.4, 0.5) is 5.82 Å². The van der Waals surface area contributed by atoms with Crippen molar-refractivity contribution in [3.05, 3.63) is 71.5 Å². The van der Waals surface area contributed by atoms with Crippen LogP contribution < -0.4 is 9.72 Å². The number of rotatable bonds is 5. The minimum absolute atomic E-state index is 0.625. The predicted octanol–water partition coefficient (Wildman–Crippen LogP) is 3.74. The van der Waals surface area contributed by atoms with E-state index in [2.05, 4.69) is 44.8 Å². The molecular weight excluding hydrogens is 322 g/mol. The molecule has 0 saturated heterocycles. The van der Waals surface area contributed by atoms with Gasteiger partial charge in [-0.3, -0.25) is 15.3 Å². The normalized spacial score (nSPS) is 10.9. The van der Waals surface area contributed by atoms with E-state index in [9.17, 15) is 5.26 Å². The van der Waals surface area contributed by atoms with Gasteiger partial charge >= 0.3 is 0 Å². The van der Waals surface area contributed by atoms with Crippen LogP contribution in [-0.2, 0) is 13.0 Å². The monoisotopic (exact) mass is 342 g/mol. The van der Waals surface area contributed by atoms with Crippen LogP contribution in [0, 0.1) is 11.3 Å². The molecule has 4 aromatic rings. The van der Waals surface area contributed by atoms with Crippen LogP contribution in [0.2, 0.25) is 0 Å². The highest BCUT2D eigenvalue weighted by molar-refractivity contribution is 5.77. The summed E-state index contributed by atoms with van der Waals surface area (Å²) in [5.74, 6) is 0.963. The van der Waals surface area contributed by atoms with E-state index >= 15 is 0 Å². The summed E-state index contributed by atoms with van der Waals surface area (Å²) in [5.41, 5.74) is 5.64. The lowest BCUT2D eigenvalue weighted by Gasteiger charge is -2.08. The maximum absolute atomic E-state index is 9.75. The Hall–Kier alpha value is -3.39. The number of para-hydroxylation sites is 2. The second kappa shape index (κ2) is 6.85. The number of aryl methyl sites for hydroxylation is 1. The number of nitriles is 1. The molecule has 0 aliphatic rings. The van der Waals surface area contributed by atoms with Gasteiger partial charge in [-0.25, -0.2) is 0 Å². The number of H-pyrrole nitrogens is 1. The molecule has 0 atom stereocenters. The van der Waals surface area contributed by atoms with Crippen molar-refractivity contribution in [3.8, 4) is 6.07 Å². The lowest BCUT2D eigenvalue weighted by molar-refractivity contribution is -0.465. The number of hydrogen-bond donors (Lipinski definition) is 2. The molecule has 1 aromatic carbocycles. The van der Waals surface area contributed by atoms with Gasteiger partial charge < -0.3 is 0 Å². The fraction of sp³-hybridized carbons (Fsp3) is 0.190. The zero-order valence-electron chi connectivity index (χ0n) is 14.7. The second-order valence-corrected chi connectivity index (χ2v) is 6.29. The lowest BCUT2D eigenvalue weighted by Crippen LogP contribution is -2.27. The van der Waals surface area contributed by atoms with E-state index in [1.165, 1.54) is 0 Å². The van der Waals surface area contributed by atoms with Gasteiger partial charge in [0.15, 0.2) is 0 Å². The standard InChI is InChI=1S/C21H19N5/c1-2-7-15-12-20(24-14-16-8-5-6-11-23-16)26-19-10-4-3-9-18(19)25-21(26)17(15)13-22/h3-6,8-12H,2,7,14H2,1H3,(H,24,25)/p+1. The number of fused-ring (bicyclic) bond motifs is 3. The number of nitrogens with one attached hydrogen (secondary N) is 2. The van der Waals surface area contributed by atoms with E-state index in [-0.39, 0.29) is 0 Å². The van der Waals surface area contributed by atoms with Crippen molar-refractivity contribution >= 4 is 22.5 Å². The molecule has 5 heteroatoms. The number of imidazole rings is 1. The van der Waals surface area contributed by atoms with Crippen LogP contribution in [0.25, 0.3) is 16.7 Å². The summed E-state index contributed by atoms with van der Waals surface area (Å²) in [6.07, 6.45) is 3.66. The highest BCUT2D eigenvalue weighted by Gasteiger charge is 2.21. The Morgan fingerprint density at radius 3 is 2.81 bits per heavy atom. The SMILES string of the molecule is CCCc1cc(NCc2ccccn2)[n+]2c([nH]c3ccccc32)c1C#N. The van der Waals surface area contributed by atoms with E-state index in [1.54, 1.807) is 6.20 Å². The van der Waals surface area contributed by atoms with E-state index < -0.39 is 0 Å². The minimum Gasteiger partial charge on any atom is -0.300 e. The first-order valence-corrected chi connectivity index (χ1v) is 8.84. The number of benzene rings is 1. The van der Waals surface area contributed by atoms with Crippen LogP contribution in [0.3, 0.4) is 0 Å². The molecule has 3 heterocycles. The molecule has 26 heavy (non-hydrogen) atoms. The van der Waals surface area contributed by atoms with Gasteiger partial charge in [-0.2, -0.15) is 9.66 Å². The third-order valence-electron chi connectivity index (χ3n) is 4.54. The smallest absolute Gasteiger partial charge is 0.250 e. The minimum atomic E-state index is 0.625. The molecule has 0 bridgehead atoms. The number of pyridine rings is 2. The van der Waals surface area contributed by atoms with Crippen molar-refractivity contribution in [2.75, 3.05) is 5.32 Å². The van der Waals surface area contributed by atoms with Crippen molar-refractivity contribution in [2.24, 2.45) is 0 Å². The zero-order valence-corrected chi connectivity index (χ0v) is 14.7. The van der Waals surface area contributed by atoms with E-state index in [1.807, 2.05) is 36.4 Å². The Balaban J connectivity index is 1.90. The fourth-order valence-electron chi connectivity index (χ4n) is 3.36. The summed E-state index contributed by atoms with van der Waals surface area (Å²) in [7, 11) is 0. The lowest BCUT2D eigenvalue weighted by atomic mass is 10.1. The largest absolute Gasteiger partial charge is 0.300 e. The van der Waals surface area contributed by atoms with Gasteiger partial charge in [0.1, 0.15) is 29.2 Å². The molecule has 5 nitrogen and oxygen atoms in total. The molecule has 3 aromatic heterocycles. The quantitative estimate of drug-likeness (QED) is 0.543. The van der Waals surface area contributed by atoms with Crippen molar-refractivity contribution in [3.63, 3.8) is 0 Å². The third-order valence-corrected chi connectivity index (χ3v) is 4.54. The first-order valence-electron chi connectivity index (χ1n) is 8.84. The van der Waals surface area contributed by atoms with Gasteiger partial charge in [-0.15, -0.1) is 0 Å². The molecular formula is C21H20N5+. The van der Waals surface area contributed by atoms with Gasteiger partial charge in [0.05, 0.1) is 5.69 Å². The van der Waals surface area contributed by atoms with Crippen molar-refractivity contribution < 1.29 is 4.40 Å². The molecule has 0 fully saturated rings. The highest BCUT2D eigenvalue weighted by Crippen LogP contribution is 2.22. The Labute approximate surface area is 151 Å². The molecule has 2 N–H and O–H groups in total. The number of aromatic amines is 1. The fourth-order valence-corrected chi connectivity index (χ4v) is 3.36. The first-order chi connectivity index (χ1) is 12.8. The van der Waals surface area contributed by atoms with Crippen LogP contribution in [0.5, 0.6) is 0 Å². The Morgan fingerprint density at radius 2 is 2.04 bits per heavy atom. The first kappa shape index (κ1) is 16.1. The average molecular weight is 342 g/mol. The zero-order chi connectivity index (χ0) is 17.9. The van der Waals surface area contributed by atoms with Crippen molar-refractivity contribution in [1.82, 2.24) is 9.97 Å².